The molecule has 22 heavy (non-hydrogen) atoms. The molecule has 1 heterocycles. The lowest BCUT2D eigenvalue weighted by Gasteiger charge is -2.12. The first-order chi connectivity index (χ1) is 10.4. The molecular formula is C12H9ClF3N3O2S. The fraction of sp³-hybridized carbons (Fsp3) is 0.250. The molecule has 0 atom stereocenters. The Labute approximate surface area is 132 Å². The lowest BCUT2D eigenvalue weighted by atomic mass is 10.2. The van der Waals surface area contributed by atoms with Crippen LogP contribution in [0.25, 0.3) is 0 Å². The van der Waals surface area contributed by atoms with Gasteiger partial charge in [0.15, 0.2) is 5.01 Å². The van der Waals surface area contributed by atoms with Crippen LogP contribution in [0.2, 0.25) is 0 Å². The quantitative estimate of drug-likeness (QED) is 0.839. The molecule has 0 spiro atoms. The Kier molecular flexibility index (Phi) is 5.19. The van der Waals surface area contributed by atoms with Crippen LogP contribution in [0.3, 0.4) is 0 Å². The summed E-state index contributed by atoms with van der Waals surface area (Å²) in [5.74, 6) is -0.978. The number of anilines is 1. The van der Waals surface area contributed by atoms with Gasteiger partial charge in [-0.3, -0.25) is 10.1 Å². The average Bonchev–Trinajstić information content (AvgIpc) is 2.92. The fourth-order valence-corrected chi connectivity index (χ4v) is 2.22. The van der Waals surface area contributed by atoms with Gasteiger partial charge in [0, 0.05) is 0 Å². The van der Waals surface area contributed by atoms with Crippen LogP contribution in [-0.2, 0) is 17.6 Å². The number of amides is 1. The summed E-state index contributed by atoms with van der Waals surface area (Å²) in [5.41, 5.74) is -0.866. The zero-order valence-corrected chi connectivity index (χ0v) is 12.4. The summed E-state index contributed by atoms with van der Waals surface area (Å²) in [6, 6.07) is 4.87. The normalized spacial score (nSPS) is 11.3. The van der Waals surface area contributed by atoms with Crippen molar-refractivity contribution in [3.05, 3.63) is 34.8 Å². The predicted octanol–water partition coefficient (Wildman–Crippen LogP) is 3.31. The van der Waals surface area contributed by atoms with Crippen LogP contribution < -0.4 is 10.1 Å². The Morgan fingerprint density at radius 3 is 2.73 bits per heavy atom. The SMILES string of the molecule is O=C(CCl)Nc1nnc(COc2ccccc2C(F)(F)F)s1. The van der Waals surface area contributed by atoms with Crippen LogP contribution in [0.15, 0.2) is 24.3 Å². The Morgan fingerprint density at radius 1 is 1.32 bits per heavy atom. The van der Waals surface area contributed by atoms with E-state index < -0.39 is 17.6 Å². The minimum atomic E-state index is -4.50. The number of hydrogen-bond donors (Lipinski definition) is 1. The summed E-state index contributed by atoms with van der Waals surface area (Å²) in [4.78, 5) is 11.1. The van der Waals surface area contributed by atoms with E-state index in [1.54, 1.807) is 0 Å². The lowest BCUT2D eigenvalue weighted by Crippen LogP contribution is -2.12. The van der Waals surface area contributed by atoms with E-state index >= 15 is 0 Å². The molecule has 0 unspecified atom stereocenters. The van der Waals surface area contributed by atoms with Gasteiger partial charge in [-0.05, 0) is 12.1 Å². The number of alkyl halides is 4. The van der Waals surface area contributed by atoms with Crippen molar-refractivity contribution in [2.45, 2.75) is 12.8 Å². The number of benzene rings is 1. The summed E-state index contributed by atoms with van der Waals surface area (Å²) in [5, 5.41) is 10.3. The Morgan fingerprint density at radius 2 is 2.05 bits per heavy atom. The Balaban J connectivity index is 2.04. The summed E-state index contributed by atoms with van der Waals surface area (Å²) in [6.45, 7) is -0.193. The highest BCUT2D eigenvalue weighted by atomic mass is 35.5. The van der Waals surface area contributed by atoms with Crippen LogP contribution in [0.4, 0.5) is 18.3 Å². The monoisotopic (exact) mass is 351 g/mol. The van der Waals surface area contributed by atoms with Gasteiger partial charge >= 0.3 is 6.18 Å². The molecule has 0 aliphatic carbocycles. The van der Waals surface area contributed by atoms with E-state index in [2.05, 4.69) is 15.5 Å². The van der Waals surface area contributed by atoms with Crippen molar-refractivity contribution in [2.75, 3.05) is 11.2 Å². The lowest BCUT2D eigenvalue weighted by molar-refractivity contribution is -0.139. The van der Waals surface area contributed by atoms with Gasteiger partial charge in [-0.25, -0.2) is 0 Å². The standard InChI is InChI=1S/C12H9ClF3N3O2S/c13-5-9(20)17-11-19-18-10(22-11)6-21-8-4-2-1-3-7(8)12(14,15)16/h1-4H,5-6H2,(H,17,19,20). The number of ether oxygens (including phenoxy) is 1. The van der Waals surface area contributed by atoms with E-state index in [-0.39, 0.29) is 23.4 Å². The summed E-state index contributed by atoms with van der Waals surface area (Å²) < 4.78 is 43.5. The van der Waals surface area contributed by atoms with Gasteiger partial charge in [-0.1, -0.05) is 23.5 Å². The first-order valence-corrected chi connectivity index (χ1v) is 7.22. The molecule has 10 heteroatoms. The molecule has 1 amide bonds. The second-order valence-corrected chi connectivity index (χ2v) is 5.29. The number of rotatable bonds is 5. The van der Waals surface area contributed by atoms with Crippen molar-refractivity contribution in [1.82, 2.24) is 10.2 Å². The molecule has 1 aromatic carbocycles. The highest BCUT2D eigenvalue weighted by Gasteiger charge is 2.34. The van der Waals surface area contributed by atoms with Crippen LogP contribution in [0.5, 0.6) is 5.75 Å². The maximum atomic E-state index is 12.8. The molecule has 0 aliphatic heterocycles. The number of hydrogen-bond acceptors (Lipinski definition) is 5. The van der Waals surface area contributed by atoms with E-state index in [1.165, 1.54) is 18.2 Å². The summed E-state index contributed by atoms with van der Waals surface area (Å²) >= 11 is 6.31. The number of nitrogens with one attached hydrogen (secondary N) is 1. The zero-order valence-electron chi connectivity index (χ0n) is 10.9. The maximum absolute atomic E-state index is 12.8. The molecule has 118 valence electrons. The number of para-hydroxylation sites is 1. The number of aromatic nitrogens is 2. The van der Waals surface area contributed by atoms with Crippen molar-refractivity contribution in [3.8, 4) is 5.75 Å². The van der Waals surface area contributed by atoms with E-state index in [4.69, 9.17) is 16.3 Å². The van der Waals surface area contributed by atoms with Gasteiger partial charge in [0.2, 0.25) is 11.0 Å². The third-order valence-electron chi connectivity index (χ3n) is 2.38. The summed E-state index contributed by atoms with van der Waals surface area (Å²) in [7, 11) is 0. The van der Waals surface area contributed by atoms with Crippen LogP contribution in [-0.4, -0.2) is 22.0 Å². The van der Waals surface area contributed by atoms with E-state index in [9.17, 15) is 18.0 Å². The molecule has 5 nitrogen and oxygen atoms in total. The van der Waals surface area contributed by atoms with Gasteiger partial charge < -0.3 is 4.74 Å². The topological polar surface area (TPSA) is 64.1 Å². The van der Waals surface area contributed by atoms with Crippen LogP contribution >= 0.6 is 22.9 Å². The van der Waals surface area contributed by atoms with E-state index in [0.717, 1.165) is 17.4 Å². The predicted molar refractivity (Wildman–Crippen MR) is 75.0 cm³/mol. The van der Waals surface area contributed by atoms with Gasteiger partial charge in [0.1, 0.15) is 18.2 Å². The van der Waals surface area contributed by atoms with E-state index in [0.29, 0.717) is 5.01 Å². The minimum absolute atomic E-state index is 0.193. The molecule has 0 saturated carbocycles. The third kappa shape index (κ3) is 4.31. The second-order valence-electron chi connectivity index (χ2n) is 3.97. The van der Waals surface area contributed by atoms with Crippen molar-refractivity contribution >= 4 is 34.0 Å². The minimum Gasteiger partial charge on any atom is -0.486 e. The summed E-state index contributed by atoms with van der Waals surface area (Å²) in [6.07, 6.45) is -4.50. The number of carbonyl (C=O) groups is 1. The van der Waals surface area contributed by atoms with Gasteiger partial charge in [-0.15, -0.1) is 21.8 Å². The first-order valence-electron chi connectivity index (χ1n) is 5.87. The smallest absolute Gasteiger partial charge is 0.419 e. The second kappa shape index (κ2) is 6.93. The van der Waals surface area contributed by atoms with Crippen molar-refractivity contribution in [3.63, 3.8) is 0 Å². The average molecular weight is 352 g/mol. The molecule has 0 fully saturated rings. The van der Waals surface area contributed by atoms with E-state index in [1.807, 2.05) is 0 Å². The maximum Gasteiger partial charge on any atom is 0.419 e. The largest absolute Gasteiger partial charge is 0.486 e. The van der Waals surface area contributed by atoms with Gasteiger partial charge in [-0.2, -0.15) is 13.2 Å². The molecule has 1 N–H and O–H groups in total. The molecule has 0 saturated heterocycles. The fourth-order valence-electron chi connectivity index (χ4n) is 1.48. The molecular weight excluding hydrogens is 343 g/mol. The molecule has 0 bridgehead atoms. The number of halogens is 4. The molecule has 0 radical (unpaired) electrons. The molecule has 2 rings (SSSR count). The number of nitrogens with zero attached hydrogens (tertiary/aromatic N) is 2. The van der Waals surface area contributed by atoms with Crippen LogP contribution in [0.1, 0.15) is 10.6 Å². The molecule has 1 aromatic heterocycles. The zero-order chi connectivity index (χ0) is 16.2. The third-order valence-corrected chi connectivity index (χ3v) is 3.43. The highest BCUT2D eigenvalue weighted by molar-refractivity contribution is 7.15. The Bertz CT molecular complexity index is 663. The van der Waals surface area contributed by atoms with Crippen molar-refractivity contribution in [1.29, 1.82) is 0 Å². The van der Waals surface area contributed by atoms with Gasteiger partial charge in [0.05, 0.1) is 5.56 Å². The van der Waals surface area contributed by atoms with Crippen molar-refractivity contribution in [2.24, 2.45) is 0 Å². The number of carbonyl (C=O) groups excluding carboxylic acids is 1. The van der Waals surface area contributed by atoms with Gasteiger partial charge in [0.25, 0.3) is 0 Å². The Hall–Kier alpha value is -1.87. The van der Waals surface area contributed by atoms with Crippen molar-refractivity contribution < 1.29 is 22.7 Å². The highest BCUT2D eigenvalue weighted by Crippen LogP contribution is 2.36. The molecule has 0 aliphatic rings. The van der Waals surface area contributed by atoms with Crippen LogP contribution in [0, 0.1) is 0 Å². The first kappa shape index (κ1) is 16.5. The molecule has 2 aromatic rings.